The van der Waals surface area contributed by atoms with Crippen LogP contribution in [0.4, 0.5) is 0 Å². The summed E-state index contributed by atoms with van der Waals surface area (Å²) >= 11 is 2.13. The Kier molecular flexibility index (Phi) is 2.76. The smallest absolute Gasteiger partial charge is 0.255 e. The van der Waals surface area contributed by atoms with Crippen LogP contribution in [0.5, 0.6) is 0 Å². The number of nitrogens with one attached hydrogen (secondary N) is 1. The van der Waals surface area contributed by atoms with E-state index in [-0.39, 0.29) is 5.91 Å². The molecule has 1 aliphatic carbocycles. The van der Waals surface area contributed by atoms with Gasteiger partial charge in [-0.1, -0.05) is 0 Å². The van der Waals surface area contributed by atoms with Crippen molar-refractivity contribution in [3.05, 3.63) is 15.5 Å². The number of aryl methyl sites for hydroxylation is 1. The summed E-state index contributed by atoms with van der Waals surface area (Å²) in [6.45, 7) is 0.809. The van der Waals surface area contributed by atoms with E-state index >= 15 is 0 Å². The molecule has 1 saturated carbocycles. The molecule has 76 valence electrons. The molecule has 0 aromatic carbocycles. The first-order valence-corrected chi connectivity index (χ1v) is 5.72. The van der Waals surface area contributed by atoms with Gasteiger partial charge in [0.05, 0.1) is 11.8 Å². The number of halogens is 1. The second kappa shape index (κ2) is 3.88. The molecule has 1 aromatic heterocycles. The van der Waals surface area contributed by atoms with Crippen LogP contribution in [-0.4, -0.2) is 22.2 Å². The molecule has 0 atom stereocenters. The zero-order chi connectivity index (χ0) is 10.1. The zero-order valence-corrected chi connectivity index (χ0v) is 10.1. The van der Waals surface area contributed by atoms with E-state index in [0.717, 1.165) is 10.2 Å². The third-order valence-electron chi connectivity index (χ3n) is 2.36. The fraction of sp³-hybridized carbons (Fsp3) is 0.556. The van der Waals surface area contributed by atoms with Gasteiger partial charge in [-0.15, -0.1) is 0 Å². The number of aromatic nitrogens is 2. The average Bonchev–Trinajstić information content (AvgIpc) is 2.92. The van der Waals surface area contributed by atoms with Crippen molar-refractivity contribution < 1.29 is 4.79 Å². The van der Waals surface area contributed by atoms with Crippen molar-refractivity contribution in [2.75, 3.05) is 6.54 Å². The number of hydrogen-bond donors (Lipinski definition) is 1. The number of carbonyl (C=O) groups excluding carboxylic acids is 1. The highest BCUT2D eigenvalue weighted by atomic mass is 127. The summed E-state index contributed by atoms with van der Waals surface area (Å²) in [5.74, 6) is 0.711. The molecular weight excluding hydrogens is 293 g/mol. The maximum atomic E-state index is 11.6. The molecule has 1 fully saturated rings. The fourth-order valence-corrected chi connectivity index (χ4v) is 1.74. The van der Waals surface area contributed by atoms with E-state index < -0.39 is 0 Å². The molecule has 1 N–H and O–H groups in total. The Morgan fingerprint density at radius 3 is 3.00 bits per heavy atom. The Hall–Kier alpha value is -0.590. The van der Waals surface area contributed by atoms with Gasteiger partial charge in [-0.25, -0.2) is 0 Å². The molecule has 0 unspecified atom stereocenters. The standard InChI is InChI=1S/C9H12IN3O/c1-13-8(10)7(5-12-13)9(14)11-4-6-2-3-6/h5-6H,2-4H2,1H3,(H,11,14). The van der Waals surface area contributed by atoms with Crippen LogP contribution >= 0.6 is 22.6 Å². The van der Waals surface area contributed by atoms with Crippen molar-refractivity contribution in [2.45, 2.75) is 12.8 Å². The molecule has 5 heteroatoms. The Morgan fingerprint density at radius 1 is 1.79 bits per heavy atom. The van der Waals surface area contributed by atoms with Crippen LogP contribution < -0.4 is 5.32 Å². The van der Waals surface area contributed by atoms with E-state index in [1.807, 2.05) is 7.05 Å². The number of nitrogens with zero attached hydrogens (tertiary/aromatic N) is 2. The maximum Gasteiger partial charge on any atom is 0.255 e. The summed E-state index contributed by atoms with van der Waals surface area (Å²) in [7, 11) is 1.83. The first kappa shape index (κ1) is 9.95. The minimum atomic E-state index is -0.00519. The van der Waals surface area contributed by atoms with Crippen molar-refractivity contribution in [1.29, 1.82) is 0 Å². The van der Waals surface area contributed by atoms with E-state index in [0.29, 0.717) is 11.5 Å². The summed E-state index contributed by atoms with van der Waals surface area (Å²) in [5, 5.41) is 6.95. The molecule has 4 nitrogen and oxygen atoms in total. The minimum Gasteiger partial charge on any atom is -0.352 e. The maximum absolute atomic E-state index is 11.6. The van der Waals surface area contributed by atoms with Crippen molar-refractivity contribution in [1.82, 2.24) is 15.1 Å². The lowest BCUT2D eigenvalue weighted by molar-refractivity contribution is 0.0951. The molecule has 14 heavy (non-hydrogen) atoms. The molecule has 1 amide bonds. The Balaban J connectivity index is 1.98. The first-order valence-electron chi connectivity index (χ1n) is 4.64. The molecule has 1 aliphatic rings. The Bertz CT molecular complexity index is 357. The van der Waals surface area contributed by atoms with Gasteiger partial charge in [-0.2, -0.15) is 5.10 Å². The van der Waals surface area contributed by atoms with E-state index in [4.69, 9.17) is 0 Å². The summed E-state index contributed by atoms with van der Waals surface area (Å²) in [5.41, 5.74) is 0.675. The second-order valence-electron chi connectivity index (χ2n) is 3.63. The average molecular weight is 305 g/mol. The summed E-state index contributed by atoms with van der Waals surface area (Å²) < 4.78 is 2.59. The molecular formula is C9H12IN3O. The SMILES string of the molecule is Cn1ncc(C(=O)NCC2CC2)c1I. The lowest BCUT2D eigenvalue weighted by atomic mass is 10.3. The van der Waals surface area contributed by atoms with Gasteiger partial charge in [0.2, 0.25) is 0 Å². The van der Waals surface area contributed by atoms with Gasteiger partial charge < -0.3 is 5.32 Å². The van der Waals surface area contributed by atoms with E-state index in [2.05, 4.69) is 33.0 Å². The highest BCUT2D eigenvalue weighted by molar-refractivity contribution is 14.1. The van der Waals surface area contributed by atoms with Gasteiger partial charge in [0.1, 0.15) is 3.70 Å². The Morgan fingerprint density at radius 2 is 2.50 bits per heavy atom. The first-order chi connectivity index (χ1) is 6.68. The van der Waals surface area contributed by atoms with Gasteiger partial charge in [-0.3, -0.25) is 9.48 Å². The van der Waals surface area contributed by atoms with Crippen molar-refractivity contribution in [3.8, 4) is 0 Å². The second-order valence-corrected chi connectivity index (χ2v) is 4.65. The van der Waals surface area contributed by atoms with Crippen molar-refractivity contribution >= 4 is 28.5 Å². The third kappa shape index (κ3) is 2.08. The van der Waals surface area contributed by atoms with Crippen LogP contribution in [0, 0.1) is 9.62 Å². The van der Waals surface area contributed by atoms with Crippen LogP contribution in [0.3, 0.4) is 0 Å². The van der Waals surface area contributed by atoms with Gasteiger partial charge in [0, 0.05) is 13.6 Å². The normalized spacial score (nSPS) is 15.6. The minimum absolute atomic E-state index is 0.00519. The molecule has 1 heterocycles. The fourth-order valence-electron chi connectivity index (χ4n) is 1.23. The highest BCUT2D eigenvalue weighted by Crippen LogP contribution is 2.27. The molecule has 0 radical (unpaired) electrons. The lowest BCUT2D eigenvalue weighted by Crippen LogP contribution is -2.25. The van der Waals surface area contributed by atoms with Gasteiger partial charge in [0.25, 0.3) is 5.91 Å². The van der Waals surface area contributed by atoms with Gasteiger partial charge >= 0.3 is 0 Å². The largest absolute Gasteiger partial charge is 0.352 e. The summed E-state index contributed by atoms with van der Waals surface area (Å²) in [6.07, 6.45) is 4.12. The molecule has 0 saturated heterocycles. The number of carbonyl (C=O) groups is 1. The topological polar surface area (TPSA) is 46.9 Å². The number of rotatable bonds is 3. The highest BCUT2D eigenvalue weighted by Gasteiger charge is 2.22. The quantitative estimate of drug-likeness (QED) is 0.852. The molecule has 2 rings (SSSR count). The monoisotopic (exact) mass is 305 g/mol. The van der Waals surface area contributed by atoms with Gasteiger partial charge in [-0.05, 0) is 41.4 Å². The molecule has 1 aromatic rings. The van der Waals surface area contributed by atoms with E-state index in [1.165, 1.54) is 12.8 Å². The predicted octanol–water partition coefficient (Wildman–Crippen LogP) is 1.16. The van der Waals surface area contributed by atoms with Crippen molar-refractivity contribution in [3.63, 3.8) is 0 Å². The zero-order valence-electron chi connectivity index (χ0n) is 7.96. The summed E-state index contributed by atoms with van der Waals surface area (Å²) in [4.78, 5) is 11.6. The molecule has 0 aliphatic heterocycles. The van der Waals surface area contributed by atoms with Crippen LogP contribution in [-0.2, 0) is 7.05 Å². The van der Waals surface area contributed by atoms with Crippen LogP contribution in [0.15, 0.2) is 6.20 Å². The van der Waals surface area contributed by atoms with Crippen LogP contribution in [0.1, 0.15) is 23.2 Å². The van der Waals surface area contributed by atoms with Crippen LogP contribution in [0.25, 0.3) is 0 Å². The van der Waals surface area contributed by atoms with Crippen molar-refractivity contribution in [2.24, 2.45) is 13.0 Å². The number of hydrogen-bond acceptors (Lipinski definition) is 2. The lowest BCUT2D eigenvalue weighted by Gasteiger charge is -2.02. The molecule has 0 spiro atoms. The summed E-state index contributed by atoms with van der Waals surface area (Å²) in [6, 6.07) is 0. The van der Waals surface area contributed by atoms with E-state index in [9.17, 15) is 4.79 Å². The van der Waals surface area contributed by atoms with E-state index in [1.54, 1.807) is 10.9 Å². The van der Waals surface area contributed by atoms with Gasteiger partial charge in [0.15, 0.2) is 0 Å². The third-order valence-corrected chi connectivity index (χ3v) is 3.64. The Labute approximate surface area is 96.2 Å². The predicted molar refractivity (Wildman–Crippen MR) is 61.0 cm³/mol. The molecule has 0 bridgehead atoms. The number of amides is 1. The van der Waals surface area contributed by atoms with Crippen LogP contribution in [0.2, 0.25) is 0 Å².